The number of hydrogen-bond donors (Lipinski definition) is 2. The van der Waals surface area contributed by atoms with Gasteiger partial charge in [-0.05, 0) is 42.5 Å². The van der Waals surface area contributed by atoms with Crippen molar-refractivity contribution < 1.29 is 19.1 Å². The summed E-state index contributed by atoms with van der Waals surface area (Å²) in [5.74, 6) is -0.621. The first-order valence-electron chi connectivity index (χ1n) is 7.56. The number of nitrogens with zero attached hydrogens (tertiary/aromatic N) is 1. The highest BCUT2D eigenvalue weighted by Crippen LogP contribution is 2.30. The van der Waals surface area contributed by atoms with Crippen molar-refractivity contribution in [3.05, 3.63) is 82.6 Å². The molecule has 0 saturated carbocycles. The summed E-state index contributed by atoms with van der Waals surface area (Å²) in [5, 5.41) is 13.3. The molecule has 130 valence electrons. The van der Waals surface area contributed by atoms with E-state index in [-0.39, 0.29) is 11.5 Å². The lowest BCUT2D eigenvalue weighted by molar-refractivity contribution is 0.0696. The number of benzene rings is 2. The molecule has 6 nitrogen and oxygen atoms in total. The number of aromatic carboxylic acids is 1. The lowest BCUT2D eigenvalue weighted by Crippen LogP contribution is -2.17. The first-order chi connectivity index (χ1) is 12.5. The topological polar surface area (TPSA) is 91.9 Å². The normalized spacial score (nSPS) is 10.8. The van der Waals surface area contributed by atoms with E-state index in [9.17, 15) is 9.59 Å². The minimum Gasteiger partial charge on any atom is -0.478 e. The number of furan rings is 1. The van der Waals surface area contributed by atoms with Crippen LogP contribution in [0.3, 0.4) is 0 Å². The Bertz CT molecular complexity index is 980. The fourth-order valence-corrected chi connectivity index (χ4v) is 2.43. The lowest BCUT2D eigenvalue weighted by atomic mass is 10.1. The van der Waals surface area contributed by atoms with Crippen LogP contribution >= 0.6 is 11.6 Å². The Morgan fingerprint density at radius 1 is 1.04 bits per heavy atom. The third-order valence-corrected chi connectivity index (χ3v) is 3.83. The summed E-state index contributed by atoms with van der Waals surface area (Å²) in [5.41, 5.74) is 3.45. The number of nitrogens with one attached hydrogen (secondary N) is 1. The molecule has 0 saturated heterocycles. The second-order valence-corrected chi connectivity index (χ2v) is 5.67. The minimum absolute atomic E-state index is 0.103. The Hall–Kier alpha value is -3.38. The van der Waals surface area contributed by atoms with Gasteiger partial charge >= 0.3 is 5.97 Å². The van der Waals surface area contributed by atoms with Crippen LogP contribution in [0.1, 0.15) is 26.5 Å². The third-order valence-electron chi connectivity index (χ3n) is 3.50. The summed E-state index contributed by atoms with van der Waals surface area (Å²) in [4.78, 5) is 23.0. The molecule has 0 unspecified atom stereocenters. The number of carbonyl (C=O) groups is 2. The van der Waals surface area contributed by atoms with Gasteiger partial charge in [0.05, 0.1) is 16.8 Å². The molecule has 1 amide bonds. The van der Waals surface area contributed by atoms with Crippen molar-refractivity contribution in [1.82, 2.24) is 5.43 Å². The Morgan fingerprint density at radius 3 is 2.54 bits per heavy atom. The van der Waals surface area contributed by atoms with E-state index < -0.39 is 5.97 Å². The SMILES string of the molecule is O=C(O)c1ccc(Cl)c(-c2ccc(/C=N/NC(=O)c3ccccc3)o2)c1. The van der Waals surface area contributed by atoms with E-state index in [1.807, 2.05) is 6.07 Å². The number of carbonyl (C=O) groups excluding carboxylic acids is 1. The van der Waals surface area contributed by atoms with E-state index >= 15 is 0 Å². The standard InChI is InChI=1S/C19H13ClN2O4/c20-16-8-6-13(19(24)25)10-15(16)17-9-7-14(26-17)11-21-22-18(23)12-4-2-1-3-5-12/h1-11H,(H,22,23)(H,24,25)/b21-11+. The van der Waals surface area contributed by atoms with E-state index in [1.54, 1.807) is 36.4 Å². The maximum absolute atomic E-state index is 11.9. The fraction of sp³-hybridized carbons (Fsp3) is 0. The smallest absolute Gasteiger partial charge is 0.335 e. The number of rotatable bonds is 5. The average Bonchev–Trinajstić information content (AvgIpc) is 3.11. The van der Waals surface area contributed by atoms with Gasteiger partial charge in [0.2, 0.25) is 0 Å². The van der Waals surface area contributed by atoms with E-state index in [2.05, 4.69) is 10.5 Å². The van der Waals surface area contributed by atoms with Crippen molar-refractivity contribution in [2.75, 3.05) is 0 Å². The summed E-state index contributed by atoms with van der Waals surface area (Å²) in [7, 11) is 0. The number of carboxylic acids is 1. The number of halogens is 1. The van der Waals surface area contributed by atoms with Crippen molar-refractivity contribution in [3.8, 4) is 11.3 Å². The van der Waals surface area contributed by atoms with E-state index in [4.69, 9.17) is 21.1 Å². The molecule has 2 aromatic carbocycles. The Kier molecular flexibility index (Phi) is 5.15. The van der Waals surface area contributed by atoms with Gasteiger partial charge in [-0.1, -0.05) is 29.8 Å². The van der Waals surface area contributed by atoms with E-state index in [0.29, 0.717) is 27.7 Å². The maximum atomic E-state index is 11.9. The monoisotopic (exact) mass is 368 g/mol. The van der Waals surface area contributed by atoms with Crippen molar-refractivity contribution in [2.45, 2.75) is 0 Å². The van der Waals surface area contributed by atoms with E-state index in [1.165, 1.54) is 24.4 Å². The molecule has 0 aliphatic heterocycles. The predicted molar refractivity (Wildman–Crippen MR) is 97.6 cm³/mol. The molecule has 2 N–H and O–H groups in total. The minimum atomic E-state index is -1.06. The van der Waals surface area contributed by atoms with Crippen LogP contribution in [0.5, 0.6) is 0 Å². The highest BCUT2D eigenvalue weighted by atomic mass is 35.5. The average molecular weight is 369 g/mol. The van der Waals surface area contributed by atoms with Gasteiger partial charge in [-0.15, -0.1) is 0 Å². The Morgan fingerprint density at radius 2 is 1.81 bits per heavy atom. The molecular formula is C19H13ClN2O4. The molecule has 0 bridgehead atoms. The summed E-state index contributed by atoms with van der Waals surface area (Å²) in [6.45, 7) is 0. The van der Waals surface area contributed by atoms with Crippen LogP contribution in [0.25, 0.3) is 11.3 Å². The summed E-state index contributed by atoms with van der Waals surface area (Å²) in [6.07, 6.45) is 1.35. The molecule has 0 radical (unpaired) electrons. The van der Waals surface area contributed by atoms with Crippen molar-refractivity contribution >= 4 is 29.7 Å². The molecule has 0 aliphatic rings. The summed E-state index contributed by atoms with van der Waals surface area (Å²) < 4.78 is 5.59. The van der Waals surface area contributed by atoms with Gasteiger partial charge in [-0.2, -0.15) is 5.10 Å². The highest BCUT2D eigenvalue weighted by Gasteiger charge is 2.12. The third kappa shape index (κ3) is 3.99. The number of hydrazone groups is 1. The number of carboxylic acid groups (broad SMARTS) is 1. The van der Waals surface area contributed by atoms with Gasteiger partial charge in [0.25, 0.3) is 5.91 Å². The zero-order chi connectivity index (χ0) is 18.5. The lowest BCUT2D eigenvalue weighted by Gasteiger charge is -2.02. The van der Waals surface area contributed by atoms with Gasteiger partial charge in [0.1, 0.15) is 11.5 Å². The highest BCUT2D eigenvalue weighted by molar-refractivity contribution is 6.33. The zero-order valence-corrected chi connectivity index (χ0v) is 14.1. The molecule has 1 aromatic heterocycles. The first-order valence-corrected chi connectivity index (χ1v) is 7.94. The van der Waals surface area contributed by atoms with Gasteiger partial charge in [-0.25, -0.2) is 10.2 Å². The Balaban J connectivity index is 1.73. The molecule has 1 heterocycles. The van der Waals surface area contributed by atoms with Crippen LogP contribution < -0.4 is 5.43 Å². The predicted octanol–water partition coefficient (Wildman–Crippen LogP) is 4.06. The van der Waals surface area contributed by atoms with Crippen molar-refractivity contribution in [1.29, 1.82) is 0 Å². The number of hydrogen-bond acceptors (Lipinski definition) is 4. The summed E-state index contributed by atoms with van der Waals surface area (Å²) >= 11 is 6.11. The van der Waals surface area contributed by atoms with E-state index in [0.717, 1.165) is 0 Å². The molecule has 0 fully saturated rings. The van der Waals surface area contributed by atoms with Gasteiger partial charge in [0.15, 0.2) is 0 Å². The van der Waals surface area contributed by atoms with Crippen LogP contribution in [-0.2, 0) is 0 Å². The van der Waals surface area contributed by atoms with Crippen LogP contribution in [0.15, 0.2) is 70.2 Å². The Labute approximate surface area is 153 Å². The van der Waals surface area contributed by atoms with Crippen LogP contribution in [0, 0.1) is 0 Å². The molecule has 0 spiro atoms. The van der Waals surface area contributed by atoms with Gasteiger partial charge in [0, 0.05) is 11.1 Å². The largest absolute Gasteiger partial charge is 0.478 e. The quantitative estimate of drug-likeness (QED) is 0.524. The number of amides is 1. The van der Waals surface area contributed by atoms with Gasteiger partial charge in [-0.3, -0.25) is 4.79 Å². The van der Waals surface area contributed by atoms with Crippen molar-refractivity contribution in [2.24, 2.45) is 5.10 Å². The van der Waals surface area contributed by atoms with Crippen molar-refractivity contribution in [3.63, 3.8) is 0 Å². The van der Waals surface area contributed by atoms with Crippen LogP contribution in [0.2, 0.25) is 5.02 Å². The molecule has 26 heavy (non-hydrogen) atoms. The van der Waals surface area contributed by atoms with Gasteiger partial charge < -0.3 is 9.52 Å². The molecule has 7 heteroatoms. The first kappa shape index (κ1) is 17.4. The zero-order valence-electron chi connectivity index (χ0n) is 13.3. The summed E-state index contributed by atoms with van der Waals surface area (Å²) in [6, 6.07) is 16.3. The fourth-order valence-electron chi connectivity index (χ4n) is 2.22. The van der Waals surface area contributed by atoms with Crippen LogP contribution in [0.4, 0.5) is 0 Å². The second-order valence-electron chi connectivity index (χ2n) is 5.27. The van der Waals surface area contributed by atoms with Crippen LogP contribution in [-0.4, -0.2) is 23.2 Å². The maximum Gasteiger partial charge on any atom is 0.335 e. The second kappa shape index (κ2) is 7.67. The molecule has 0 atom stereocenters. The molecule has 3 rings (SSSR count). The molecule has 0 aliphatic carbocycles. The molecule has 3 aromatic rings. The molecular weight excluding hydrogens is 356 g/mol.